The van der Waals surface area contributed by atoms with E-state index in [0.29, 0.717) is 22.8 Å². The van der Waals surface area contributed by atoms with Crippen LogP contribution in [0.15, 0.2) is 108 Å². The van der Waals surface area contributed by atoms with E-state index in [4.69, 9.17) is 11.6 Å². The fraction of sp³-hybridized carbons (Fsp3) is 0.257. The van der Waals surface area contributed by atoms with Gasteiger partial charge in [-0.15, -0.1) is 0 Å². The lowest BCUT2D eigenvalue weighted by atomic mass is 10.0. The van der Waals surface area contributed by atoms with Gasteiger partial charge in [-0.3, -0.25) is 13.9 Å². The zero-order valence-electron chi connectivity index (χ0n) is 25.2. The first-order chi connectivity index (χ1) is 21.1. The van der Waals surface area contributed by atoms with Crippen molar-refractivity contribution in [2.24, 2.45) is 0 Å². The monoisotopic (exact) mass is 631 g/mol. The largest absolute Gasteiger partial charge is 0.354 e. The molecule has 0 aliphatic heterocycles. The molecule has 0 aromatic heterocycles. The molecule has 1 atom stereocenters. The number of sulfonamides is 1. The zero-order valence-corrected chi connectivity index (χ0v) is 26.8. The highest BCUT2D eigenvalue weighted by Crippen LogP contribution is 2.28. The number of carbonyl (C=O) groups excluding carboxylic acids is 2. The molecule has 4 aromatic rings. The van der Waals surface area contributed by atoms with Crippen molar-refractivity contribution in [3.05, 3.63) is 130 Å². The van der Waals surface area contributed by atoms with Gasteiger partial charge in [0.2, 0.25) is 11.8 Å². The summed E-state index contributed by atoms with van der Waals surface area (Å²) in [5, 5.41) is 3.50. The molecule has 0 unspecified atom stereocenters. The van der Waals surface area contributed by atoms with Gasteiger partial charge < -0.3 is 10.2 Å². The van der Waals surface area contributed by atoms with Gasteiger partial charge in [0.25, 0.3) is 10.0 Å². The molecule has 0 bridgehead atoms. The van der Waals surface area contributed by atoms with Crippen LogP contribution in [0.3, 0.4) is 0 Å². The fourth-order valence-electron chi connectivity index (χ4n) is 4.90. The van der Waals surface area contributed by atoms with Crippen molar-refractivity contribution < 1.29 is 18.0 Å². The van der Waals surface area contributed by atoms with Crippen LogP contribution in [0.2, 0.25) is 5.02 Å². The third-order valence-electron chi connectivity index (χ3n) is 7.36. The second-order valence-electron chi connectivity index (χ2n) is 10.8. The maximum Gasteiger partial charge on any atom is 0.264 e. The normalized spacial score (nSPS) is 11.9. The number of benzene rings is 4. The first-order valence-electron chi connectivity index (χ1n) is 14.6. The molecule has 0 heterocycles. The molecule has 9 heteroatoms. The summed E-state index contributed by atoms with van der Waals surface area (Å²) in [5.41, 5.74) is 3.64. The molecule has 1 N–H and O–H groups in total. The lowest BCUT2D eigenvalue weighted by Crippen LogP contribution is -2.53. The van der Waals surface area contributed by atoms with Crippen molar-refractivity contribution in [1.82, 2.24) is 10.2 Å². The number of hydrogen-bond donors (Lipinski definition) is 1. The highest BCUT2D eigenvalue weighted by Gasteiger charge is 2.35. The topological polar surface area (TPSA) is 86.8 Å². The van der Waals surface area contributed by atoms with Gasteiger partial charge in [0.05, 0.1) is 10.6 Å². The Morgan fingerprint density at radius 1 is 0.818 bits per heavy atom. The van der Waals surface area contributed by atoms with Crippen molar-refractivity contribution in [3.8, 4) is 0 Å². The summed E-state index contributed by atoms with van der Waals surface area (Å²) < 4.78 is 29.4. The number of rotatable bonds is 13. The molecular weight excluding hydrogens is 594 g/mol. The molecule has 2 amide bonds. The average Bonchev–Trinajstić information content (AvgIpc) is 3.02. The molecule has 0 aliphatic carbocycles. The summed E-state index contributed by atoms with van der Waals surface area (Å²) in [5.74, 6) is -0.812. The average molecular weight is 632 g/mol. The molecular formula is C35H38ClN3O4S. The number of aryl methyl sites for hydroxylation is 2. The molecule has 0 radical (unpaired) electrons. The van der Waals surface area contributed by atoms with Gasteiger partial charge in [0, 0.05) is 24.5 Å². The van der Waals surface area contributed by atoms with E-state index in [-0.39, 0.29) is 23.8 Å². The Balaban J connectivity index is 1.80. The molecule has 0 saturated heterocycles. The van der Waals surface area contributed by atoms with E-state index in [1.165, 1.54) is 4.90 Å². The van der Waals surface area contributed by atoms with Gasteiger partial charge in [0.15, 0.2) is 0 Å². The van der Waals surface area contributed by atoms with Crippen LogP contribution >= 0.6 is 11.6 Å². The van der Waals surface area contributed by atoms with Crippen molar-refractivity contribution in [2.75, 3.05) is 17.4 Å². The maximum absolute atomic E-state index is 14.5. The van der Waals surface area contributed by atoms with Crippen molar-refractivity contribution >= 4 is 39.1 Å². The van der Waals surface area contributed by atoms with Crippen molar-refractivity contribution in [1.29, 1.82) is 0 Å². The zero-order chi connectivity index (χ0) is 31.7. The van der Waals surface area contributed by atoms with Crippen LogP contribution in [-0.2, 0) is 32.6 Å². The Kier molecular flexibility index (Phi) is 11.2. The van der Waals surface area contributed by atoms with Gasteiger partial charge in [-0.1, -0.05) is 96.9 Å². The molecule has 0 spiro atoms. The van der Waals surface area contributed by atoms with Crippen LogP contribution in [0.5, 0.6) is 0 Å². The number of anilines is 1. The van der Waals surface area contributed by atoms with E-state index >= 15 is 0 Å². The summed E-state index contributed by atoms with van der Waals surface area (Å²) in [4.78, 5) is 29.7. The molecule has 230 valence electrons. The van der Waals surface area contributed by atoms with Crippen LogP contribution in [0.4, 0.5) is 5.69 Å². The fourth-order valence-corrected chi connectivity index (χ4v) is 6.51. The lowest BCUT2D eigenvalue weighted by molar-refractivity contribution is -0.140. The van der Waals surface area contributed by atoms with Crippen LogP contribution in [-0.4, -0.2) is 44.3 Å². The van der Waals surface area contributed by atoms with E-state index in [1.54, 1.807) is 73.7 Å². The first kappa shape index (κ1) is 32.8. The van der Waals surface area contributed by atoms with Crippen LogP contribution in [0.1, 0.15) is 35.6 Å². The summed E-state index contributed by atoms with van der Waals surface area (Å²) in [6.07, 6.45) is 0.982. The van der Waals surface area contributed by atoms with Gasteiger partial charge in [-0.2, -0.15) is 0 Å². The van der Waals surface area contributed by atoms with Gasteiger partial charge in [0.1, 0.15) is 12.6 Å². The number of nitrogens with one attached hydrogen (secondary N) is 1. The Bertz CT molecular complexity index is 1660. The highest BCUT2D eigenvalue weighted by molar-refractivity contribution is 7.92. The first-order valence-corrected chi connectivity index (χ1v) is 16.4. The number of halogens is 1. The summed E-state index contributed by atoms with van der Waals surface area (Å²) >= 11 is 6.14. The number of carbonyl (C=O) groups is 2. The van der Waals surface area contributed by atoms with Crippen LogP contribution in [0.25, 0.3) is 0 Å². The summed E-state index contributed by atoms with van der Waals surface area (Å²) in [6.45, 7) is 5.67. The Morgan fingerprint density at radius 2 is 1.45 bits per heavy atom. The summed E-state index contributed by atoms with van der Waals surface area (Å²) in [6, 6.07) is 29.2. The van der Waals surface area contributed by atoms with E-state index in [1.807, 2.05) is 50.2 Å². The standard InChI is InChI=1S/C35H38ClN3O4S/c1-4-22-37-35(41)33(23-28-11-6-5-7-12-28)38(24-29-16-18-30(36)19-17-29)34(40)25-39(32-13-9-8-10-27(32)3)44(42,43)31-20-14-26(2)15-21-31/h5-21,33H,4,22-25H2,1-3H3,(H,37,41)/t33-/m1/s1. The third-order valence-corrected chi connectivity index (χ3v) is 9.38. The summed E-state index contributed by atoms with van der Waals surface area (Å²) in [7, 11) is -4.15. The van der Waals surface area contributed by atoms with E-state index in [9.17, 15) is 18.0 Å². The number of hydrogen-bond acceptors (Lipinski definition) is 4. The second kappa shape index (κ2) is 15.0. The van der Waals surface area contributed by atoms with Crippen molar-refractivity contribution in [3.63, 3.8) is 0 Å². The van der Waals surface area contributed by atoms with Crippen molar-refractivity contribution in [2.45, 2.75) is 51.1 Å². The molecule has 4 rings (SSSR count). The lowest BCUT2D eigenvalue weighted by Gasteiger charge is -2.34. The third kappa shape index (κ3) is 8.27. The number of nitrogens with zero attached hydrogens (tertiary/aromatic N) is 2. The van der Waals surface area contributed by atoms with E-state index in [0.717, 1.165) is 27.4 Å². The molecule has 0 aliphatic rings. The Hall–Kier alpha value is -4.14. The van der Waals surface area contributed by atoms with E-state index < -0.39 is 28.5 Å². The van der Waals surface area contributed by atoms with E-state index in [2.05, 4.69) is 5.32 Å². The molecule has 4 aromatic carbocycles. The SMILES string of the molecule is CCCNC(=O)[C@@H](Cc1ccccc1)N(Cc1ccc(Cl)cc1)C(=O)CN(c1ccccc1C)S(=O)(=O)c1ccc(C)cc1. The molecule has 7 nitrogen and oxygen atoms in total. The maximum atomic E-state index is 14.5. The minimum absolute atomic E-state index is 0.0740. The predicted molar refractivity (Wildman–Crippen MR) is 176 cm³/mol. The Morgan fingerprint density at radius 3 is 2.09 bits per heavy atom. The predicted octanol–water partition coefficient (Wildman–Crippen LogP) is 6.32. The smallest absolute Gasteiger partial charge is 0.264 e. The molecule has 44 heavy (non-hydrogen) atoms. The minimum Gasteiger partial charge on any atom is -0.354 e. The number of amides is 2. The van der Waals surface area contributed by atoms with Crippen LogP contribution in [0, 0.1) is 13.8 Å². The molecule has 0 saturated carbocycles. The van der Waals surface area contributed by atoms with Gasteiger partial charge in [-0.05, 0) is 67.3 Å². The minimum atomic E-state index is -4.15. The highest BCUT2D eigenvalue weighted by atomic mass is 35.5. The van der Waals surface area contributed by atoms with Gasteiger partial charge in [-0.25, -0.2) is 8.42 Å². The molecule has 0 fully saturated rings. The Labute approximate surface area is 265 Å². The quantitative estimate of drug-likeness (QED) is 0.187. The second-order valence-corrected chi connectivity index (χ2v) is 13.1. The number of para-hydroxylation sites is 1. The van der Waals surface area contributed by atoms with Gasteiger partial charge >= 0.3 is 0 Å². The van der Waals surface area contributed by atoms with Crippen LogP contribution < -0.4 is 9.62 Å².